The molecule has 0 N–H and O–H groups in total. The molecule has 1 spiro atoms. The standard InChI is InChI=1S/C18H21N3O2S/c22-17(15-5-11-24-12-15)21-9-10-23-18(14-21)6-3-8-20(13-18)16-4-1-2-7-19-16/h1-2,4-5,7,11-12H,3,6,8-10,13-14H2/t18-/m0/s1. The third-order valence-electron chi connectivity index (χ3n) is 4.82. The van der Waals surface area contributed by atoms with E-state index in [2.05, 4.69) is 9.88 Å². The van der Waals surface area contributed by atoms with E-state index >= 15 is 0 Å². The number of anilines is 1. The molecule has 2 fully saturated rings. The number of pyridine rings is 1. The number of ether oxygens (including phenoxy) is 1. The molecule has 1 atom stereocenters. The fourth-order valence-corrected chi connectivity index (χ4v) is 4.30. The highest BCUT2D eigenvalue weighted by molar-refractivity contribution is 7.08. The maximum atomic E-state index is 12.7. The Morgan fingerprint density at radius 1 is 1.25 bits per heavy atom. The van der Waals surface area contributed by atoms with Crippen molar-refractivity contribution in [2.24, 2.45) is 0 Å². The first kappa shape index (κ1) is 15.6. The summed E-state index contributed by atoms with van der Waals surface area (Å²) in [4.78, 5) is 21.4. The first-order valence-electron chi connectivity index (χ1n) is 8.37. The molecule has 2 aliphatic rings. The van der Waals surface area contributed by atoms with Crippen LogP contribution in [0.5, 0.6) is 0 Å². The van der Waals surface area contributed by atoms with Crippen molar-refractivity contribution in [2.75, 3.05) is 37.7 Å². The molecule has 0 radical (unpaired) electrons. The SMILES string of the molecule is O=C(c1ccsc1)N1CCO[C@]2(CCCN(c3ccccn3)C2)C1. The van der Waals surface area contributed by atoms with Crippen LogP contribution in [0.15, 0.2) is 41.2 Å². The van der Waals surface area contributed by atoms with E-state index in [4.69, 9.17) is 4.74 Å². The van der Waals surface area contributed by atoms with Crippen LogP contribution in [0.3, 0.4) is 0 Å². The summed E-state index contributed by atoms with van der Waals surface area (Å²) in [6.07, 6.45) is 3.87. The van der Waals surface area contributed by atoms with Crippen molar-refractivity contribution < 1.29 is 9.53 Å². The molecule has 4 heterocycles. The van der Waals surface area contributed by atoms with Crippen molar-refractivity contribution in [2.45, 2.75) is 18.4 Å². The zero-order valence-electron chi connectivity index (χ0n) is 13.6. The van der Waals surface area contributed by atoms with Gasteiger partial charge in [0.05, 0.1) is 25.3 Å². The molecule has 2 saturated heterocycles. The van der Waals surface area contributed by atoms with Crippen LogP contribution in [0.1, 0.15) is 23.2 Å². The zero-order chi connectivity index (χ0) is 16.4. The van der Waals surface area contributed by atoms with Crippen LogP contribution < -0.4 is 4.90 Å². The largest absolute Gasteiger partial charge is 0.369 e. The van der Waals surface area contributed by atoms with Crippen molar-refractivity contribution in [1.82, 2.24) is 9.88 Å². The van der Waals surface area contributed by atoms with E-state index in [0.717, 1.165) is 37.3 Å². The second-order valence-electron chi connectivity index (χ2n) is 6.48. The summed E-state index contributed by atoms with van der Waals surface area (Å²) in [7, 11) is 0. The van der Waals surface area contributed by atoms with E-state index < -0.39 is 0 Å². The van der Waals surface area contributed by atoms with Crippen molar-refractivity contribution in [3.05, 3.63) is 46.8 Å². The zero-order valence-corrected chi connectivity index (χ0v) is 14.4. The van der Waals surface area contributed by atoms with E-state index in [1.54, 1.807) is 11.3 Å². The highest BCUT2D eigenvalue weighted by Gasteiger charge is 2.42. The van der Waals surface area contributed by atoms with Crippen LogP contribution in [0, 0.1) is 0 Å². The van der Waals surface area contributed by atoms with Gasteiger partial charge in [-0.05, 0) is 36.4 Å². The van der Waals surface area contributed by atoms with E-state index in [-0.39, 0.29) is 11.5 Å². The van der Waals surface area contributed by atoms with Gasteiger partial charge in [-0.15, -0.1) is 0 Å². The number of piperidine rings is 1. The minimum atomic E-state index is -0.278. The number of hydrogen-bond acceptors (Lipinski definition) is 5. The normalized spacial score (nSPS) is 24.3. The molecule has 2 aromatic heterocycles. The Hall–Kier alpha value is -1.92. The predicted molar refractivity (Wildman–Crippen MR) is 94.6 cm³/mol. The van der Waals surface area contributed by atoms with Gasteiger partial charge in [0.15, 0.2) is 0 Å². The van der Waals surface area contributed by atoms with Gasteiger partial charge in [-0.1, -0.05) is 6.07 Å². The minimum absolute atomic E-state index is 0.119. The van der Waals surface area contributed by atoms with Crippen molar-refractivity contribution in [1.29, 1.82) is 0 Å². The molecule has 126 valence electrons. The van der Waals surface area contributed by atoms with E-state index in [1.807, 2.05) is 46.1 Å². The van der Waals surface area contributed by atoms with Gasteiger partial charge in [0, 0.05) is 24.7 Å². The van der Waals surface area contributed by atoms with Crippen LogP contribution >= 0.6 is 11.3 Å². The number of thiophene rings is 1. The Bertz CT molecular complexity index is 688. The molecule has 4 rings (SSSR count). The molecule has 0 bridgehead atoms. The molecule has 1 amide bonds. The second-order valence-corrected chi connectivity index (χ2v) is 7.26. The van der Waals surface area contributed by atoms with Gasteiger partial charge in [-0.2, -0.15) is 11.3 Å². The molecule has 0 aromatic carbocycles. The first-order chi connectivity index (χ1) is 11.8. The Morgan fingerprint density at radius 2 is 2.21 bits per heavy atom. The summed E-state index contributed by atoms with van der Waals surface area (Å²) in [6, 6.07) is 7.88. The number of nitrogens with zero attached hydrogens (tertiary/aromatic N) is 3. The van der Waals surface area contributed by atoms with Gasteiger partial charge in [0.25, 0.3) is 5.91 Å². The number of carbonyl (C=O) groups excluding carboxylic acids is 1. The maximum Gasteiger partial charge on any atom is 0.254 e. The Labute approximate surface area is 145 Å². The lowest BCUT2D eigenvalue weighted by Crippen LogP contribution is -2.61. The van der Waals surface area contributed by atoms with Crippen molar-refractivity contribution >= 4 is 23.1 Å². The number of hydrogen-bond donors (Lipinski definition) is 0. The molecule has 5 nitrogen and oxygen atoms in total. The van der Waals surface area contributed by atoms with Crippen LogP contribution in [0.2, 0.25) is 0 Å². The number of rotatable bonds is 2. The highest BCUT2D eigenvalue weighted by atomic mass is 32.1. The summed E-state index contributed by atoms with van der Waals surface area (Å²) >= 11 is 1.56. The predicted octanol–water partition coefficient (Wildman–Crippen LogP) is 2.65. The summed E-state index contributed by atoms with van der Waals surface area (Å²) in [6.45, 7) is 3.70. The van der Waals surface area contributed by atoms with Gasteiger partial charge in [-0.25, -0.2) is 4.98 Å². The number of carbonyl (C=O) groups is 1. The van der Waals surface area contributed by atoms with Crippen LogP contribution in [0.25, 0.3) is 0 Å². The van der Waals surface area contributed by atoms with Crippen LogP contribution in [0.4, 0.5) is 5.82 Å². The van der Waals surface area contributed by atoms with Gasteiger partial charge >= 0.3 is 0 Å². The van der Waals surface area contributed by atoms with Crippen molar-refractivity contribution in [3.63, 3.8) is 0 Å². The summed E-state index contributed by atoms with van der Waals surface area (Å²) in [5, 5.41) is 3.87. The molecule has 0 unspecified atom stereocenters. The van der Waals surface area contributed by atoms with Crippen LogP contribution in [-0.4, -0.2) is 54.2 Å². The molecular weight excluding hydrogens is 322 g/mol. The quantitative estimate of drug-likeness (QED) is 0.841. The molecular formula is C18H21N3O2S. The number of morpholine rings is 1. The second kappa shape index (κ2) is 6.53. The lowest BCUT2D eigenvalue weighted by Gasteiger charge is -2.48. The monoisotopic (exact) mass is 343 g/mol. The average molecular weight is 343 g/mol. The highest BCUT2D eigenvalue weighted by Crippen LogP contribution is 2.31. The average Bonchev–Trinajstić information content (AvgIpc) is 3.17. The molecule has 0 aliphatic carbocycles. The van der Waals surface area contributed by atoms with Gasteiger partial charge in [-0.3, -0.25) is 4.79 Å². The van der Waals surface area contributed by atoms with E-state index in [9.17, 15) is 4.79 Å². The van der Waals surface area contributed by atoms with Gasteiger partial charge < -0.3 is 14.5 Å². The lowest BCUT2D eigenvalue weighted by molar-refractivity contribution is -0.105. The number of amides is 1. The molecule has 6 heteroatoms. The summed E-state index contributed by atoms with van der Waals surface area (Å²) < 4.78 is 6.20. The Kier molecular flexibility index (Phi) is 4.24. The first-order valence-corrected chi connectivity index (χ1v) is 9.32. The van der Waals surface area contributed by atoms with E-state index in [0.29, 0.717) is 19.7 Å². The fraction of sp³-hybridized carbons (Fsp3) is 0.444. The molecule has 2 aromatic rings. The Balaban J connectivity index is 1.50. The topological polar surface area (TPSA) is 45.7 Å². The lowest BCUT2D eigenvalue weighted by atomic mass is 9.90. The third kappa shape index (κ3) is 3.03. The number of aromatic nitrogens is 1. The molecule has 24 heavy (non-hydrogen) atoms. The summed E-state index contributed by atoms with van der Waals surface area (Å²) in [5.41, 5.74) is 0.508. The third-order valence-corrected chi connectivity index (χ3v) is 5.50. The summed E-state index contributed by atoms with van der Waals surface area (Å²) in [5.74, 6) is 1.11. The van der Waals surface area contributed by atoms with Crippen LogP contribution in [-0.2, 0) is 4.74 Å². The fourth-order valence-electron chi connectivity index (χ4n) is 3.67. The maximum absolute atomic E-state index is 12.7. The van der Waals surface area contributed by atoms with Gasteiger partial charge in [0.2, 0.25) is 0 Å². The molecule has 2 aliphatic heterocycles. The van der Waals surface area contributed by atoms with E-state index in [1.165, 1.54) is 0 Å². The van der Waals surface area contributed by atoms with Crippen molar-refractivity contribution in [3.8, 4) is 0 Å². The van der Waals surface area contributed by atoms with Gasteiger partial charge in [0.1, 0.15) is 11.4 Å². The smallest absolute Gasteiger partial charge is 0.254 e. The molecule has 0 saturated carbocycles. The Morgan fingerprint density at radius 3 is 3.00 bits per heavy atom. The minimum Gasteiger partial charge on any atom is -0.369 e.